The average molecular weight is 205 g/mol. The maximum absolute atomic E-state index is 4.07. The summed E-state index contributed by atoms with van der Waals surface area (Å²) in [5.74, 6) is 0. The van der Waals surface area contributed by atoms with Gasteiger partial charge in [0.1, 0.15) is 0 Å². The Balaban J connectivity index is 3.07. The van der Waals surface area contributed by atoms with Crippen molar-refractivity contribution in [2.24, 2.45) is 5.41 Å². The maximum atomic E-state index is 4.07. The molecule has 1 heterocycles. The molecule has 0 saturated carbocycles. The molecule has 0 aromatic heterocycles. The summed E-state index contributed by atoms with van der Waals surface area (Å²) in [5.41, 5.74) is 2.71. The van der Waals surface area contributed by atoms with E-state index < -0.39 is 0 Å². The molecule has 1 heteroatoms. The number of nitrogens with zero attached hydrogens (tertiary/aromatic N) is 1. The van der Waals surface area contributed by atoms with Crippen molar-refractivity contribution < 1.29 is 0 Å². The Hall–Kier alpha value is -0.980. The van der Waals surface area contributed by atoms with Gasteiger partial charge >= 0.3 is 0 Å². The fourth-order valence-corrected chi connectivity index (χ4v) is 1.60. The minimum absolute atomic E-state index is 0.0956. The van der Waals surface area contributed by atoms with Gasteiger partial charge in [-0.15, -0.1) is 0 Å². The number of hydrogen-bond donors (Lipinski definition) is 0. The van der Waals surface area contributed by atoms with Crippen molar-refractivity contribution in [3.05, 3.63) is 36.2 Å². The Labute approximate surface area is 94.2 Å². The molecular weight excluding hydrogens is 182 g/mol. The topological polar surface area (TPSA) is 3.24 Å². The summed E-state index contributed by atoms with van der Waals surface area (Å²) in [5, 5.41) is 0. The molecule has 0 aliphatic carbocycles. The Morgan fingerprint density at radius 3 is 1.93 bits per heavy atom. The molecule has 1 nitrogen and oxygen atoms in total. The zero-order valence-electron chi connectivity index (χ0n) is 10.9. The molecule has 1 aliphatic heterocycles. The van der Waals surface area contributed by atoms with Crippen molar-refractivity contribution >= 4 is 0 Å². The largest absolute Gasteiger partial charge is 0.343 e. The van der Waals surface area contributed by atoms with Gasteiger partial charge in [0.05, 0.1) is 0 Å². The van der Waals surface area contributed by atoms with E-state index in [2.05, 4.69) is 71.4 Å². The first-order valence-corrected chi connectivity index (χ1v) is 5.51. The summed E-state index contributed by atoms with van der Waals surface area (Å²) >= 11 is 0. The fraction of sp³-hybridized carbons (Fsp3) is 0.571. The van der Waals surface area contributed by atoms with Gasteiger partial charge in [-0.2, -0.15) is 0 Å². The quantitative estimate of drug-likeness (QED) is 0.575. The summed E-state index contributed by atoms with van der Waals surface area (Å²) in [6, 6.07) is 0. The Bertz CT molecular complexity index is 318. The second kappa shape index (κ2) is 3.55. The van der Waals surface area contributed by atoms with E-state index in [4.69, 9.17) is 0 Å². The fourth-order valence-electron chi connectivity index (χ4n) is 1.60. The van der Waals surface area contributed by atoms with Crippen LogP contribution in [0, 0.1) is 5.41 Å². The highest BCUT2D eigenvalue weighted by atomic mass is 15.2. The van der Waals surface area contributed by atoms with E-state index in [1.165, 1.54) is 5.57 Å². The average Bonchev–Trinajstić information content (AvgIpc) is 2.00. The van der Waals surface area contributed by atoms with Crippen molar-refractivity contribution in [1.82, 2.24) is 4.90 Å². The Morgan fingerprint density at radius 1 is 1.00 bits per heavy atom. The highest BCUT2D eigenvalue weighted by Crippen LogP contribution is 2.33. The van der Waals surface area contributed by atoms with Crippen LogP contribution in [0.15, 0.2) is 36.2 Å². The Morgan fingerprint density at radius 2 is 1.53 bits per heavy atom. The van der Waals surface area contributed by atoms with Crippen LogP contribution >= 0.6 is 0 Å². The van der Waals surface area contributed by atoms with Crippen LogP contribution in [0.2, 0.25) is 0 Å². The second-order valence-electron chi connectivity index (χ2n) is 6.20. The molecule has 84 valence electrons. The highest BCUT2D eigenvalue weighted by Gasteiger charge is 2.25. The van der Waals surface area contributed by atoms with Crippen molar-refractivity contribution in [3.8, 4) is 0 Å². The molecule has 0 aromatic rings. The molecule has 0 unspecified atom stereocenters. The molecule has 1 aliphatic rings. The first-order chi connectivity index (χ1) is 6.62. The van der Waals surface area contributed by atoms with E-state index in [9.17, 15) is 0 Å². The highest BCUT2D eigenvalue weighted by molar-refractivity contribution is 5.36. The van der Waals surface area contributed by atoms with Crippen molar-refractivity contribution in [2.45, 2.75) is 47.1 Å². The number of rotatable bonds is 0. The standard InChI is InChI=1S/C14H23N/c1-11-8-9-12(13(2,3)4)10-15(11)14(5,6)7/h8-10H,1H2,2-7H3. The molecule has 0 spiro atoms. The molecule has 0 amide bonds. The van der Waals surface area contributed by atoms with Gasteiger partial charge in [0.2, 0.25) is 0 Å². The molecule has 15 heavy (non-hydrogen) atoms. The molecule has 0 radical (unpaired) electrons. The molecule has 0 fully saturated rings. The van der Waals surface area contributed by atoms with Crippen molar-refractivity contribution in [3.63, 3.8) is 0 Å². The van der Waals surface area contributed by atoms with Crippen molar-refractivity contribution in [2.75, 3.05) is 0 Å². The van der Waals surface area contributed by atoms with Crippen LogP contribution in [0.5, 0.6) is 0 Å². The smallest absolute Gasteiger partial charge is 0.0361 e. The van der Waals surface area contributed by atoms with E-state index in [1.807, 2.05) is 0 Å². The summed E-state index contributed by atoms with van der Waals surface area (Å²) in [7, 11) is 0. The lowest BCUT2D eigenvalue weighted by Gasteiger charge is -2.39. The minimum atomic E-state index is 0.0956. The zero-order chi connectivity index (χ0) is 11.9. The Kier molecular flexibility index (Phi) is 2.86. The normalized spacial score (nSPS) is 18.1. The first kappa shape index (κ1) is 12.1. The van der Waals surface area contributed by atoms with Gasteiger partial charge in [-0.05, 0) is 37.8 Å². The van der Waals surface area contributed by atoms with Crippen LogP contribution in [0.4, 0.5) is 0 Å². The van der Waals surface area contributed by atoms with E-state index in [1.54, 1.807) is 0 Å². The molecule has 0 atom stereocenters. The molecule has 0 aromatic carbocycles. The summed E-state index contributed by atoms with van der Waals surface area (Å²) in [6.45, 7) is 17.4. The summed E-state index contributed by atoms with van der Waals surface area (Å²) in [6.07, 6.45) is 6.50. The lowest BCUT2D eigenvalue weighted by atomic mass is 9.85. The van der Waals surface area contributed by atoms with Gasteiger partial charge in [-0.25, -0.2) is 0 Å². The number of allylic oxidation sites excluding steroid dienone is 3. The van der Waals surface area contributed by atoms with Gasteiger partial charge in [0.15, 0.2) is 0 Å². The summed E-state index contributed by atoms with van der Waals surface area (Å²) in [4.78, 5) is 2.24. The van der Waals surface area contributed by atoms with Crippen molar-refractivity contribution in [1.29, 1.82) is 0 Å². The summed E-state index contributed by atoms with van der Waals surface area (Å²) < 4.78 is 0. The van der Waals surface area contributed by atoms with E-state index in [0.29, 0.717) is 0 Å². The van der Waals surface area contributed by atoms with E-state index in [0.717, 1.165) is 5.70 Å². The second-order valence-corrected chi connectivity index (χ2v) is 6.20. The van der Waals surface area contributed by atoms with Crippen LogP contribution in [-0.4, -0.2) is 10.4 Å². The van der Waals surface area contributed by atoms with Crippen LogP contribution in [0.3, 0.4) is 0 Å². The van der Waals surface area contributed by atoms with Gasteiger partial charge in [-0.1, -0.05) is 33.4 Å². The van der Waals surface area contributed by atoms with Crippen LogP contribution < -0.4 is 0 Å². The predicted octanol–water partition coefficient (Wildman–Crippen LogP) is 4.10. The van der Waals surface area contributed by atoms with E-state index in [-0.39, 0.29) is 11.0 Å². The molecular formula is C14H23N. The minimum Gasteiger partial charge on any atom is -0.343 e. The van der Waals surface area contributed by atoms with Gasteiger partial charge in [0, 0.05) is 17.4 Å². The molecule has 1 rings (SSSR count). The lowest BCUT2D eigenvalue weighted by molar-refractivity contribution is 0.258. The third-order valence-corrected chi connectivity index (χ3v) is 2.62. The first-order valence-electron chi connectivity index (χ1n) is 5.51. The zero-order valence-corrected chi connectivity index (χ0v) is 10.9. The monoisotopic (exact) mass is 205 g/mol. The predicted molar refractivity (Wildman–Crippen MR) is 67.4 cm³/mol. The van der Waals surface area contributed by atoms with Gasteiger partial charge < -0.3 is 4.90 Å². The van der Waals surface area contributed by atoms with Gasteiger partial charge in [0.25, 0.3) is 0 Å². The molecule has 0 saturated heterocycles. The van der Waals surface area contributed by atoms with E-state index >= 15 is 0 Å². The lowest BCUT2D eigenvalue weighted by Crippen LogP contribution is -2.37. The van der Waals surface area contributed by atoms with Crippen LogP contribution in [-0.2, 0) is 0 Å². The number of hydrogen-bond acceptors (Lipinski definition) is 1. The SMILES string of the molecule is C=C1C=CC(C(C)(C)C)=CN1C(C)(C)C. The third kappa shape index (κ3) is 2.74. The van der Waals surface area contributed by atoms with Crippen LogP contribution in [0.25, 0.3) is 0 Å². The third-order valence-electron chi connectivity index (χ3n) is 2.62. The van der Waals surface area contributed by atoms with Crippen LogP contribution in [0.1, 0.15) is 41.5 Å². The molecule has 0 bridgehead atoms. The molecule has 0 N–H and O–H groups in total. The van der Waals surface area contributed by atoms with Gasteiger partial charge in [-0.3, -0.25) is 0 Å². The maximum Gasteiger partial charge on any atom is 0.0361 e.